The van der Waals surface area contributed by atoms with Gasteiger partial charge >= 0.3 is 5.97 Å². The Hall–Kier alpha value is -1.81. The Morgan fingerprint density at radius 1 is 1.50 bits per heavy atom. The van der Waals surface area contributed by atoms with Crippen LogP contribution in [0.15, 0.2) is 12.7 Å². The van der Waals surface area contributed by atoms with Crippen LogP contribution in [0.3, 0.4) is 0 Å². The van der Waals surface area contributed by atoms with Crippen molar-refractivity contribution in [3.8, 4) is 12.1 Å². The van der Waals surface area contributed by atoms with Gasteiger partial charge in [-0.1, -0.05) is 13.0 Å². The lowest BCUT2D eigenvalue weighted by atomic mass is 9.74. The Morgan fingerprint density at radius 2 is 2.06 bits per heavy atom. The minimum absolute atomic E-state index is 0.164. The predicted octanol–water partition coefficient (Wildman–Crippen LogP) is 2.19. The maximum atomic E-state index is 11.7. The SMILES string of the molecule is C=CCC(C#N)(C#N)C(CC)C(=O)OCC. The van der Waals surface area contributed by atoms with Gasteiger partial charge in [0.1, 0.15) is 0 Å². The quantitative estimate of drug-likeness (QED) is 0.508. The van der Waals surface area contributed by atoms with E-state index in [1.54, 1.807) is 13.8 Å². The number of allylic oxidation sites excluding steroid dienone is 1. The summed E-state index contributed by atoms with van der Waals surface area (Å²) in [5.41, 5.74) is -1.36. The number of hydrogen-bond acceptors (Lipinski definition) is 4. The second-order valence-corrected chi connectivity index (χ2v) is 3.40. The van der Waals surface area contributed by atoms with Crippen LogP contribution in [0.2, 0.25) is 0 Å². The summed E-state index contributed by atoms with van der Waals surface area (Å²) in [7, 11) is 0. The van der Waals surface area contributed by atoms with E-state index in [0.29, 0.717) is 6.42 Å². The van der Waals surface area contributed by atoms with Gasteiger partial charge in [0.2, 0.25) is 0 Å². The van der Waals surface area contributed by atoms with Crippen molar-refractivity contribution in [3.05, 3.63) is 12.7 Å². The summed E-state index contributed by atoms with van der Waals surface area (Å²) in [5.74, 6) is -1.21. The monoisotopic (exact) mass is 220 g/mol. The average molecular weight is 220 g/mol. The molecule has 0 radical (unpaired) electrons. The van der Waals surface area contributed by atoms with E-state index in [-0.39, 0.29) is 13.0 Å². The van der Waals surface area contributed by atoms with E-state index in [2.05, 4.69) is 6.58 Å². The summed E-state index contributed by atoms with van der Waals surface area (Å²) >= 11 is 0. The number of hydrogen-bond donors (Lipinski definition) is 0. The lowest BCUT2D eigenvalue weighted by Crippen LogP contribution is -2.34. The van der Waals surface area contributed by atoms with Crippen molar-refractivity contribution in [1.82, 2.24) is 0 Å². The molecule has 0 bridgehead atoms. The van der Waals surface area contributed by atoms with Gasteiger partial charge in [0.15, 0.2) is 5.41 Å². The molecule has 0 aromatic rings. The molecule has 0 saturated heterocycles. The highest BCUT2D eigenvalue weighted by molar-refractivity contribution is 5.74. The Labute approximate surface area is 96.1 Å². The van der Waals surface area contributed by atoms with E-state index in [9.17, 15) is 4.79 Å². The van der Waals surface area contributed by atoms with Gasteiger partial charge in [-0.2, -0.15) is 10.5 Å². The molecule has 0 aliphatic heterocycles. The summed E-state index contributed by atoms with van der Waals surface area (Å²) in [5, 5.41) is 18.2. The van der Waals surface area contributed by atoms with E-state index in [1.165, 1.54) is 6.08 Å². The summed E-state index contributed by atoms with van der Waals surface area (Å²) in [6, 6.07) is 3.85. The summed E-state index contributed by atoms with van der Waals surface area (Å²) in [6.45, 7) is 7.21. The largest absolute Gasteiger partial charge is 0.466 e. The number of carbonyl (C=O) groups excluding carboxylic acids is 1. The molecule has 0 aromatic carbocycles. The van der Waals surface area contributed by atoms with E-state index in [1.807, 2.05) is 12.1 Å². The Kier molecular flexibility index (Phi) is 5.88. The fourth-order valence-electron chi connectivity index (χ4n) is 1.60. The maximum Gasteiger partial charge on any atom is 0.311 e. The minimum Gasteiger partial charge on any atom is -0.466 e. The maximum absolute atomic E-state index is 11.7. The molecule has 0 saturated carbocycles. The van der Waals surface area contributed by atoms with Crippen molar-refractivity contribution in [2.75, 3.05) is 6.61 Å². The van der Waals surface area contributed by atoms with Gasteiger partial charge in [-0.15, -0.1) is 6.58 Å². The van der Waals surface area contributed by atoms with Crippen LogP contribution >= 0.6 is 0 Å². The lowest BCUT2D eigenvalue weighted by Gasteiger charge is -2.25. The van der Waals surface area contributed by atoms with Crippen LogP contribution in [0.25, 0.3) is 0 Å². The molecule has 0 amide bonds. The van der Waals surface area contributed by atoms with Crippen LogP contribution in [-0.4, -0.2) is 12.6 Å². The van der Waals surface area contributed by atoms with Crippen LogP contribution in [0.5, 0.6) is 0 Å². The third-order valence-corrected chi connectivity index (χ3v) is 2.44. The van der Waals surface area contributed by atoms with Crippen molar-refractivity contribution in [2.45, 2.75) is 26.7 Å². The molecule has 0 aromatic heterocycles. The second-order valence-electron chi connectivity index (χ2n) is 3.40. The highest BCUT2D eigenvalue weighted by Crippen LogP contribution is 2.34. The number of nitriles is 2. The standard InChI is InChI=1S/C12H16N2O2/c1-4-7-12(8-13,9-14)10(5-2)11(15)16-6-3/h4,10H,1,5-7H2,2-3H3. The number of rotatable bonds is 6. The van der Waals surface area contributed by atoms with Crippen LogP contribution in [0, 0.1) is 34.0 Å². The van der Waals surface area contributed by atoms with Crippen LogP contribution in [0.4, 0.5) is 0 Å². The zero-order valence-corrected chi connectivity index (χ0v) is 9.69. The van der Waals surface area contributed by atoms with Gasteiger partial charge in [0.25, 0.3) is 0 Å². The Bertz CT molecular complexity index is 322. The van der Waals surface area contributed by atoms with Crippen LogP contribution in [-0.2, 0) is 9.53 Å². The zero-order valence-electron chi connectivity index (χ0n) is 9.69. The molecule has 4 nitrogen and oxygen atoms in total. The van der Waals surface area contributed by atoms with Crippen LogP contribution in [0.1, 0.15) is 26.7 Å². The summed E-state index contributed by atoms with van der Waals surface area (Å²) < 4.78 is 4.88. The second kappa shape index (κ2) is 6.63. The van der Waals surface area contributed by atoms with Gasteiger partial charge in [-0.05, 0) is 19.8 Å². The van der Waals surface area contributed by atoms with Gasteiger partial charge < -0.3 is 4.74 Å². The fourth-order valence-corrected chi connectivity index (χ4v) is 1.60. The smallest absolute Gasteiger partial charge is 0.311 e. The van der Waals surface area contributed by atoms with E-state index >= 15 is 0 Å². The normalized spacial score (nSPS) is 12.0. The molecular weight excluding hydrogens is 204 g/mol. The first-order valence-corrected chi connectivity index (χ1v) is 5.21. The molecule has 16 heavy (non-hydrogen) atoms. The first kappa shape index (κ1) is 14.2. The highest BCUT2D eigenvalue weighted by atomic mass is 16.5. The molecule has 0 N–H and O–H groups in total. The molecule has 86 valence electrons. The molecule has 0 heterocycles. The van der Waals surface area contributed by atoms with Crippen LogP contribution < -0.4 is 0 Å². The molecule has 0 fully saturated rings. The molecule has 0 aliphatic carbocycles. The molecule has 1 atom stereocenters. The number of nitrogens with zero attached hydrogens (tertiary/aromatic N) is 2. The van der Waals surface area contributed by atoms with Crippen molar-refractivity contribution in [3.63, 3.8) is 0 Å². The Morgan fingerprint density at radius 3 is 2.38 bits per heavy atom. The van der Waals surface area contributed by atoms with Gasteiger partial charge in [-0.25, -0.2) is 0 Å². The molecule has 0 aliphatic rings. The molecule has 0 rings (SSSR count). The number of esters is 1. The van der Waals surface area contributed by atoms with Crippen molar-refractivity contribution < 1.29 is 9.53 Å². The highest BCUT2D eigenvalue weighted by Gasteiger charge is 2.43. The average Bonchev–Trinajstić information content (AvgIpc) is 2.29. The van der Waals surface area contributed by atoms with Crippen molar-refractivity contribution in [2.24, 2.45) is 11.3 Å². The van der Waals surface area contributed by atoms with Crippen molar-refractivity contribution in [1.29, 1.82) is 10.5 Å². The topological polar surface area (TPSA) is 73.9 Å². The first-order valence-electron chi connectivity index (χ1n) is 5.21. The summed E-state index contributed by atoms with van der Waals surface area (Å²) in [6.07, 6.45) is 2.04. The van der Waals surface area contributed by atoms with Crippen molar-refractivity contribution >= 4 is 5.97 Å². The fraction of sp³-hybridized carbons (Fsp3) is 0.583. The zero-order chi connectivity index (χ0) is 12.6. The third kappa shape index (κ3) is 2.84. The third-order valence-electron chi connectivity index (χ3n) is 2.44. The first-order chi connectivity index (χ1) is 7.61. The van der Waals surface area contributed by atoms with Gasteiger partial charge in [0, 0.05) is 0 Å². The van der Waals surface area contributed by atoms with E-state index < -0.39 is 17.3 Å². The minimum atomic E-state index is -1.36. The predicted molar refractivity (Wildman–Crippen MR) is 58.9 cm³/mol. The molecule has 0 spiro atoms. The number of carbonyl (C=O) groups is 1. The molecular formula is C12H16N2O2. The molecule has 4 heteroatoms. The van der Waals surface area contributed by atoms with E-state index in [4.69, 9.17) is 15.3 Å². The van der Waals surface area contributed by atoms with Gasteiger partial charge in [0.05, 0.1) is 24.7 Å². The Balaban J connectivity index is 5.16. The van der Waals surface area contributed by atoms with E-state index in [0.717, 1.165) is 0 Å². The number of ether oxygens (including phenoxy) is 1. The lowest BCUT2D eigenvalue weighted by molar-refractivity contribution is -0.150. The molecule has 1 unspecified atom stereocenters. The summed E-state index contributed by atoms with van der Waals surface area (Å²) in [4.78, 5) is 11.7. The van der Waals surface area contributed by atoms with Gasteiger partial charge in [-0.3, -0.25) is 4.79 Å².